The Kier molecular flexibility index (Phi) is 5.31. The molecule has 0 unspecified atom stereocenters. The van der Waals surface area contributed by atoms with Crippen LogP contribution in [-0.2, 0) is 0 Å². The highest BCUT2D eigenvalue weighted by molar-refractivity contribution is 6.11. The summed E-state index contributed by atoms with van der Waals surface area (Å²) >= 11 is 0. The minimum atomic E-state index is -0.405. The minimum absolute atomic E-state index is 0.0759. The van der Waals surface area contributed by atoms with Crippen LogP contribution < -0.4 is 0 Å². The summed E-state index contributed by atoms with van der Waals surface area (Å²) in [7, 11) is 0. The van der Waals surface area contributed by atoms with Gasteiger partial charge in [0.15, 0.2) is 0 Å². The van der Waals surface area contributed by atoms with Gasteiger partial charge in [0.2, 0.25) is 11.8 Å². The number of hydrogen-bond donors (Lipinski definition) is 0. The van der Waals surface area contributed by atoms with Crippen LogP contribution in [0.15, 0.2) is 108 Å². The van der Waals surface area contributed by atoms with E-state index in [4.69, 9.17) is 4.42 Å². The lowest BCUT2D eigenvalue weighted by Crippen LogP contribution is -1.86. The van der Waals surface area contributed by atoms with Gasteiger partial charge in [-0.2, -0.15) is 0 Å². The Morgan fingerprint density at radius 1 is 0.667 bits per heavy atom. The van der Waals surface area contributed by atoms with E-state index in [1.807, 2.05) is 60.7 Å². The van der Waals surface area contributed by atoms with Gasteiger partial charge in [-0.1, -0.05) is 72.8 Å². The van der Waals surface area contributed by atoms with E-state index in [2.05, 4.69) is 40.5 Å². The summed E-state index contributed by atoms with van der Waals surface area (Å²) < 4.78 is 6.18. The van der Waals surface area contributed by atoms with Crippen molar-refractivity contribution in [1.29, 1.82) is 0 Å². The number of fused-ring (bicyclic) bond motifs is 2. The fourth-order valence-electron chi connectivity index (χ4n) is 4.32. The molecule has 0 aliphatic carbocycles. The van der Waals surface area contributed by atoms with Crippen molar-refractivity contribution in [2.45, 2.75) is 0 Å². The molecule has 5 aromatic carbocycles. The van der Waals surface area contributed by atoms with Gasteiger partial charge in [-0.25, -0.2) is 0 Å². The Morgan fingerprint density at radius 2 is 1.19 bits per heavy atom. The van der Waals surface area contributed by atoms with Gasteiger partial charge in [-0.05, 0) is 63.0 Å². The van der Waals surface area contributed by atoms with Crippen LogP contribution in [-0.4, -0.2) is 15.1 Å². The summed E-state index contributed by atoms with van der Waals surface area (Å²) in [5.74, 6) is 0.938. The van der Waals surface area contributed by atoms with Gasteiger partial charge in [0.05, 0.1) is 10.5 Å². The number of aromatic nitrogens is 2. The molecule has 0 atom stereocenters. The van der Waals surface area contributed by atoms with Crippen LogP contribution in [0, 0.1) is 10.1 Å². The normalized spacial score (nSPS) is 11.4. The highest BCUT2D eigenvalue weighted by atomic mass is 16.6. The zero-order chi connectivity index (χ0) is 24.5. The van der Waals surface area contributed by atoms with Crippen LogP contribution in [0.2, 0.25) is 0 Å². The number of rotatable bonds is 5. The molecular weight excluding hydrogens is 450 g/mol. The Balaban J connectivity index is 1.30. The van der Waals surface area contributed by atoms with Gasteiger partial charge in [-0.3, -0.25) is 10.1 Å². The number of hydrogen-bond acceptors (Lipinski definition) is 5. The molecular formula is C30H19N3O3. The number of nitro groups is 1. The Bertz CT molecular complexity index is 1700. The van der Waals surface area contributed by atoms with Gasteiger partial charge in [-0.15, -0.1) is 10.2 Å². The summed E-state index contributed by atoms with van der Waals surface area (Å²) in [5.41, 5.74) is 3.70. The number of nitrogens with zero attached hydrogens (tertiary/aromatic N) is 3. The molecule has 0 bridgehead atoms. The molecule has 0 radical (unpaired) electrons. The Labute approximate surface area is 206 Å². The second kappa shape index (κ2) is 8.92. The Morgan fingerprint density at radius 3 is 1.78 bits per heavy atom. The van der Waals surface area contributed by atoms with Crippen LogP contribution in [0.4, 0.5) is 5.69 Å². The largest absolute Gasteiger partial charge is 0.416 e. The van der Waals surface area contributed by atoms with Crippen LogP contribution in [0.3, 0.4) is 0 Å². The zero-order valence-corrected chi connectivity index (χ0v) is 19.0. The molecule has 1 aromatic heterocycles. The first-order valence-electron chi connectivity index (χ1n) is 11.4. The number of non-ortho nitro benzene ring substituents is 1. The molecule has 0 saturated carbocycles. The fraction of sp³-hybridized carbons (Fsp3) is 0. The second-order valence-corrected chi connectivity index (χ2v) is 8.41. The van der Waals surface area contributed by atoms with Crippen LogP contribution >= 0.6 is 0 Å². The summed E-state index contributed by atoms with van der Waals surface area (Å²) in [6.45, 7) is 0. The summed E-state index contributed by atoms with van der Waals surface area (Å²) in [6, 6.07) is 32.8. The molecule has 6 rings (SSSR count). The third kappa shape index (κ3) is 4.01. The predicted molar refractivity (Wildman–Crippen MR) is 142 cm³/mol. The predicted octanol–water partition coefficient (Wildman–Crippen LogP) is 7.79. The van der Waals surface area contributed by atoms with E-state index in [1.54, 1.807) is 12.1 Å². The Hall–Kier alpha value is -5.10. The molecule has 6 heteroatoms. The van der Waals surface area contributed by atoms with Crippen molar-refractivity contribution in [3.05, 3.63) is 124 Å². The average molecular weight is 470 g/mol. The molecule has 0 fully saturated rings. The third-order valence-electron chi connectivity index (χ3n) is 6.14. The van der Waals surface area contributed by atoms with Crippen LogP contribution in [0.1, 0.15) is 11.1 Å². The van der Waals surface area contributed by atoms with Crippen molar-refractivity contribution in [3.63, 3.8) is 0 Å². The van der Waals surface area contributed by atoms with Crippen molar-refractivity contribution in [2.75, 3.05) is 0 Å². The highest BCUT2D eigenvalue weighted by Crippen LogP contribution is 2.36. The first kappa shape index (κ1) is 21.4. The first-order chi connectivity index (χ1) is 17.7. The lowest BCUT2D eigenvalue weighted by molar-refractivity contribution is -0.384. The molecule has 6 aromatic rings. The topological polar surface area (TPSA) is 82.1 Å². The molecule has 6 nitrogen and oxygen atoms in total. The molecule has 0 saturated heterocycles. The van der Waals surface area contributed by atoms with Crippen molar-refractivity contribution in [2.24, 2.45) is 0 Å². The molecule has 36 heavy (non-hydrogen) atoms. The lowest BCUT2D eigenvalue weighted by atomic mass is 9.97. The van der Waals surface area contributed by atoms with E-state index in [9.17, 15) is 10.1 Å². The van der Waals surface area contributed by atoms with E-state index >= 15 is 0 Å². The van der Waals surface area contributed by atoms with E-state index in [0.29, 0.717) is 11.8 Å². The van der Waals surface area contributed by atoms with E-state index in [0.717, 1.165) is 43.8 Å². The molecule has 172 valence electrons. The smallest absolute Gasteiger partial charge is 0.269 e. The maximum atomic E-state index is 10.8. The highest BCUT2D eigenvalue weighted by Gasteiger charge is 2.16. The first-order valence-corrected chi connectivity index (χ1v) is 11.4. The van der Waals surface area contributed by atoms with Crippen molar-refractivity contribution < 1.29 is 9.34 Å². The molecule has 1 heterocycles. The number of nitro benzene ring substituents is 1. The monoisotopic (exact) mass is 469 g/mol. The summed E-state index contributed by atoms with van der Waals surface area (Å²) in [6.07, 6.45) is 3.86. The maximum absolute atomic E-state index is 10.8. The minimum Gasteiger partial charge on any atom is -0.416 e. The van der Waals surface area contributed by atoms with Gasteiger partial charge < -0.3 is 4.42 Å². The van der Waals surface area contributed by atoms with Crippen molar-refractivity contribution >= 4 is 39.4 Å². The quantitative estimate of drug-likeness (QED) is 0.111. The maximum Gasteiger partial charge on any atom is 0.269 e. The summed E-state index contributed by atoms with van der Waals surface area (Å²) in [5, 5.41) is 23.9. The van der Waals surface area contributed by atoms with Crippen LogP contribution in [0.25, 0.3) is 56.6 Å². The molecule has 0 amide bonds. The van der Waals surface area contributed by atoms with Gasteiger partial charge in [0.25, 0.3) is 5.69 Å². The molecule has 0 N–H and O–H groups in total. The molecule has 0 spiro atoms. The fourth-order valence-corrected chi connectivity index (χ4v) is 4.32. The SMILES string of the molecule is O=[N+]([O-])c1ccc(/C=C/c2ccc(-c3nnc(-c4c5ccccc5cc5ccccc45)o3)cc2)cc1. The van der Waals surface area contributed by atoms with Crippen molar-refractivity contribution in [3.8, 4) is 22.9 Å². The number of benzene rings is 5. The van der Waals surface area contributed by atoms with E-state index < -0.39 is 4.92 Å². The van der Waals surface area contributed by atoms with Gasteiger partial charge in [0.1, 0.15) is 0 Å². The van der Waals surface area contributed by atoms with Crippen molar-refractivity contribution in [1.82, 2.24) is 10.2 Å². The summed E-state index contributed by atoms with van der Waals surface area (Å²) in [4.78, 5) is 10.4. The lowest BCUT2D eigenvalue weighted by Gasteiger charge is -2.08. The molecule has 0 aliphatic heterocycles. The average Bonchev–Trinajstić information content (AvgIpc) is 3.41. The molecule has 0 aliphatic rings. The zero-order valence-electron chi connectivity index (χ0n) is 19.0. The third-order valence-corrected chi connectivity index (χ3v) is 6.14. The standard InChI is InChI=1S/C30H19N3O3/c34-33(35)25-17-13-21(14-18-25)10-9-20-11-15-22(16-12-20)29-31-32-30(36-29)28-26-7-3-1-5-23(26)19-24-6-2-4-8-27(24)28/h1-19H/b10-9+. The van der Waals surface area contributed by atoms with E-state index in [-0.39, 0.29) is 5.69 Å². The van der Waals surface area contributed by atoms with E-state index in [1.165, 1.54) is 12.1 Å². The van der Waals surface area contributed by atoms with Gasteiger partial charge in [0, 0.05) is 17.7 Å². The van der Waals surface area contributed by atoms with Gasteiger partial charge >= 0.3 is 0 Å². The second-order valence-electron chi connectivity index (χ2n) is 8.41. The van der Waals surface area contributed by atoms with Crippen LogP contribution in [0.5, 0.6) is 0 Å².